The quantitative estimate of drug-likeness (QED) is 0.834. The number of nitrogens with zero attached hydrogens (tertiary/aromatic N) is 1. The van der Waals surface area contributed by atoms with Crippen molar-refractivity contribution in [2.24, 2.45) is 5.92 Å². The summed E-state index contributed by atoms with van der Waals surface area (Å²) in [4.78, 5) is 2.50. The molecule has 0 aliphatic carbocycles. The van der Waals surface area contributed by atoms with Crippen LogP contribution in [-0.4, -0.2) is 26.7 Å². The van der Waals surface area contributed by atoms with E-state index in [1.807, 2.05) is 7.05 Å². The molecule has 88 valence electrons. The molecule has 2 heteroatoms. The summed E-state index contributed by atoms with van der Waals surface area (Å²) in [5, 5.41) is 3.27. The molecule has 1 aliphatic heterocycles. The van der Waals surface area contributed by atoms with Gasteiger partial charge in [-0.05, 0) is 50.0 Å². The molecule has 1 saturated heterocycles. The standard InChI is InChI=1S/C14H22N2/c1-3-12-4-6-14(7-5-12)16-9-8-13(11-16)10-15-2/h4-7,13,15H,3,8-11H2,1-2H3. The van der Waals surface area contributed by atoms with Crippen molar-refractivity contribution in [3.05, 3.63) is 29.8 Å². The van der Waals surface area contributed by atoms with Crippen LogP contribution in [0.1, 0.15) is 18.9 Å². The predicted molar refractivity (Wildman–Crippen MR) is 70.1 cm³/mol. The fraction of sp³-hybridized carbons (Fsp3) is 0.571. The van der Waals surface area contributed by atoms with Gasteiger partial charge in [-0.15, -0.1) is 0 Å². The van der Waals surface area contributed by atoms with Crippen LogP contribution in [0.4, 0.5) is 5.69 Å². The van der Waals surface area contributed by atoms with Gasteiger partial charge in [0.2, 0.25) is 0 Å². The number of hydrogen-bond donors (Lipinski definition) is 1. The zero-order valence-electron chi connectivity index (χ0n) is 10.4. The fourth-order valence-electron chi connectivity index (χ4n) is 2.46. The monoisotopic (exact) mass is 218 g/mol. The zero-order chi connectivity index (χ0) is 11.4. The second-order valence-corrected chi connectivity index (χ2v) is 4.68. The number of nitrogens with one attached hydrogen (secondary N) is 1. The van der Waals surface area contributed by atoms with E-state index >= 15 is 0 Å². The number of benzene rings is 1. The molecule has 0 radical (unpaired) electrons. The Morgan fingerprint density at radius 3 is 2.69 bits per heavy atom. The lowest BCUT2D eigenvalue weighted by molar-refractivity contribution is 0.549. The van der Waals surface area contributed by atoms with Crippen molar-refractivity contribution < 1.29 is 0 Å². The summed E-state index contributed by atoms with van der Waals surface area (Å²) in [7, 11) is 2.04. The Kier molecular flexibility index (Phi) is 3.83. The maximum atomic E-state index is 3.27. The fourth-order valence-corrected chi connectivity index (χ4v) is 2.46. The molecule has 1 atom stereocenters. The van der Waals surface area contributed by atoms with E-state index in [4.69, 9.17) is 0 Å². The maximum Gasteiger partial charge on any atom is 0.0366 e. The van der Waals surface area contributed by atoms with Crippen molar-refractivity contribution in [2.45, 2.75) is 19.8 Å². The molecule has 0 saturated carbocycles. The van der Waals surface area contributed by atoms with E-state index in [1.54, 1.807) is 0 Å². The highest BCUT2D eigenvalue weighted by atomic mass is 15.2. The third-order valence-corrected chi connectivity index (χ3v) is 3.49. The lowest BCUT2D eigenvalue weighted by Crippen LogP contribution is -2.24. The highest BCUT2D eigenvalue weighted by Crippen LogP contribution is 2.23. The molecule has 16 heavy (non-hydrogen) atoms. The Hall–Kier alpha value is -1.02. The van der Waals surface area contributed by atoms with Crippen LogP contribution in [0.3, 0.4) is 0 Å². The Balaban J connectivity index is 1.97. The predicted octanol–water partition coefficient (Wildman–Crippen LogP) is 2.29. The van der Waals surface area contributed by atoms with Crippen LogP contribution >= 0.6 is 0 Å². The van der Waals surface area contributed by atoms with Crippen LogP contribution in [0.2, 0.25) is 0 Å². The molecule has 2 nitrogen and oxygen atoms in total. The number of anilines is 1. The zero-order valence-corrected chi connectivity index (χ0v) is 10.4. The van der Waals surface area contributed by atoms with Crippen molar-refractivity contribution in [1.29, 1.82) is 0 Å². The lowest BCUT2D eigenvalue weighted by Gasteiger charge is -2.19. The minimum Gasteiger partial charge on any atom is -0.371 e. The molecule has 1 unspecified atom stereocenters. The van der Waals surface area contributed by atoms with Crippen molar-refractivity contribution in [2.75, 3.05) is 31.6 Å². The molecule has 0 aromatic heterocycles. The third kappa shape index (κ3) is 2.56. The number of rotatable bonds is 4. The summed E-state index contributed by atoms with van der Waals surface area (Å²) in [6.45, 7) is 5.75. The van der Waals surface area contributed by atoms with Gasteiger partial charge in [0.1, 0.15) is 0 Å². The van der Waals surface area contributed by atoms with E-state index < -0.39 is 0 Å². The van der Waals surface area contributed by atoms with Gasteiger partial charge in [0.25, 0.3) is 0 Å². The molecule has 1 aromatic rings. The van der Waals surface area contributed by atoms with Gasteiger partial charge in [-0.2, -0.15) is 0 Å². The van der Waals surface area contributed by atoms with E-state index in [0.717, 1.165) is 18.9 Å². The number of aryl methyl sites for hydroxylation is 1. The van der Waals surface area contributed by atoms with E-state index in [9.17, 15) is 0 Å². The van der Waals surface area contributed by atoms with E-state index in [2.05, 4.69) is 41.4 Å². The average molecular weight is 218 g/mol. The number of hydrogen-bond acceptors (Lipinski definition) is 2. The van der Waals surface area contributed by atoms with Crippen LogP contribution in [0.5, 0.6) is 0 Å². The van der Waals surface area contributed by atoms with Crippen molar-refractivity contribution in [3.8, 4) is 0 Å². The lowest BCUT2D eigenvalue weighted by atomic mass is 10.1. The van der Waals surface area contributed by atoms with E-state index in [-0.39, 0.29) is 0 Å². The van der Waals surface area contributed by atoms with Gasteiger partial charge in [-0.25, -0.2) is 0 Å². The maximum absolute atomic E-state index is 3.27. The summed E-state index contributed by atoms with van der Waals surface area (Å²) in [5.74, 6) is 0.816. The van der Waals surface area contributed by atoms with Gasteiger partial charge >= 0.3 is 0 Å². The summed E-state index contributed by atoms with van der Waals surface area (Å²) in [5.41, 5.74) is 2.81. The van der Waals surface area contributed by atoms with Crippen LogP contribution in [-0.2, 0) is 6.42 Å². The largest absolute Gasteiger partial charge is 0.371 e. The molecule has 0 amide bonds. The van der Waals surface area contributed by atoms with Gasteiger partial charge in [0.05, 0.1) is 0 Å². The molecule has 2 rings (SSSR count). The molecule has 1 fully saturated rings. The minimum absolute atomic E-state index is 0.816. The molecule has 0 bridgehead atoms. The Morgan fingerprint density at radius 1 is 1.31 bits per heavy atom. The van der Waals surface area contributed by atoms with Gasteiger partial charge in [0, 0.05) is 18.8 Å². The van der Waals surface area contributed by atoms with Crippen molar-refractivity contribution >= 4 is 5.69 Å². The smallest absolute Gasteiger partial charge is 0.0366 e. The normalized spacial score (nSPS) is 20.4. The van der Waals surface area contributed by atoms with Crippen LogP contribution in [0.15, 0.2) is 24.3 Å². The Bertz CT molecular complexity index is 318. The van der Waals surface area contributed by atoms with E-state index in [1.165, 1.54) is 30.8 Å². The van der Waals surface area contributed by atoms with Gasteiger partial charge in [0.15, 0.2) is 0 Å². The first-order chi connectivity index (χ1) is 7.83. The summed E-state index contributed by atoms with van der Waals surface area (Å²) < 4.78 is 0. The third-order valence-electron chi connectivity index (χ3n) is 3.49. The van der Waals surface area contributed by atoms with Gasteiger partial charge in [-0.3, -0.25) is 0 Å². The van der Waals surface area contributed by atoms with Gasteiger partial charge < -0.3 is 10.2 Å². The first-order valence-electron chi connectivity index (χ1n) is 6.32. The van der Waals surface area contributed by atoms with Crippen LogP contribution < -0.4 is 10.2 Å². The van der Waals surface area contributed by atoms with Crippen molar-refractivity contribution in [1.82, 2.24) is 5.32 Å². The average Bonchev–Trinajstić information content (AvgIpc) is 2.78. The summed E-state index contributed by atoms with van der Waals surface area (Å²) in [6, 6.07) is 9.03. The first kappa shape index (κ1) is 11.5. The topological polar surface area (TPSA) is 15.3 Å². The van der Waals surface area contributed by atoms with Gasteiger partial charge in [-0.1, -0.05) is 19.1 Å². The minimum atomic E-state index is 0.816. The highest BCUT2D eigenvalue weighted by Gasteiger charge is 2.21. The Morgan fingerprint density at radius 2 is 2.06 bits per heavy atom. The van der Waals surface area contributed by atoms with Crippen LogP contribution in [0, 0.1) is 5.92 Å². The second-order valence-electron chi connectivity index (χ2n) is 4.68. The van der Waals surface area contributed by atoms with Crippen LogP contribution in [0.25, 0.3) is 0 Å². The summed E-state index contributed by atoms with van der Waals surface area (Å²) >= 11 is 0. The molecule has 1 aliphatic rings. The second kappa shape index (κ2) is 5.35. The Labute approximate surface area is 98.7 Å². The molecule has 0 spiro atoms. The molecule has 1 aromatic carbocycles. The molecule has 1 N–H and O–H groups in total. The highest BCUT2D eigenvalue weighted by molar-refractivity contribution is 5.48. The molecular formula is C14H22N2. The van der Waals surface area contributed by atoms with E-state index in [0.29, 0.717) is 0 Å². The molecular weight excluding hydrogens is 196 g/mol. The SMILES string of the molecule is CCc1ccc(N2CCC(CNC)C2)cc1. The first-order valence-corrected chi connectivity index (χ1v) is 6.32. The summed E-state index contributed by atoms with van der Waals surface area (Å²) in [6.07, 6.45) is 2.44. The van der Waals surface area contributed by atoms with Crippen molar-refractivity contribution in [3.63, 3.8) is 0 Å². The molecule has 1 heterocycles.